The van der Waals surface area contributed by atoms with Crippen LogP contribution in [-0.4, -0.2) is 20.4 Å². The molecule has 2 rings (SSSR count). The Morgan fingerprint density at radius 3 is 3.19 bits per heavy atom. The molecule has 2 heterocycles. The van der Waals surface area contributed by atoms with E-state index in [1.807, 2.05) is 0 Å². The molecule has 1 aromatic rings. The number of rotatable bonds is 1. The number of nitrogens with zero attached hydrogens (tertiary/aromatic N) is 2. The normalized spacial score (nSPS) is 22.3. The van der Waals surface area contributed by atoms with Gasteiger partial charge in [0.2, 0.25) is 0 Å². The molecular formula is C8H8FN3O3S. The van der Waals surface area contributed by atoms with Gasteiger partial charge in [-0.15, -0.1) is 0 Å². The van der Waals surface area contributed by atoms with Crippen molar-refractivity contribution < 1.29 is 14.2 Å². The van der Waals surface area contributed by atoms with Crippen molar-refractivity contribution in [1.82, 2.24) is 9.55 Å². The predicted molar refractivity (Wildman–Crippen MR) is 56.2 cm³/mol. The number of aliphatic hydroxyl groups is 1. The highest BCUT2D eigenvalue weighted by Gasteiger charge is 2.25. The van der Waals surface area contributed by atoms with Gasteiger partial charge < -0.3 is 15.6 Å². The lowest BCUT2D eigenvalue weighted by Crippen LogP contribution is -2.29. The van der Waals surface area contributed by atoms with E-state index in [4.69, 9.17) is 15.6 Å². The third kappa shape index (κ3) is 1.83. The molecule has 1 aliphatic rings. The van der Waals surface area contributed by atoms with Crippen molar-refractivity contribution in [3.8, 4) is 0 Å². The summed E-state index contributed by atoms with van der Waals surface area (Å²) in [4.78, 5) is 14.7. The molecular weight excluding hydrogens is 237 g/mol. The largest absolute Gasteiger partial charge is 0.511 e. The summed E-state index contributed by atoms with van der Waals surface area (Å²) in [6, 6.07) is 0. The summed E-state index contributed by atoms with van der Waals surface area (Å²) in [5.74, 6) is -0.836. The van der Waals surface area contributed by atoms with Crippen LogP contribution in [0.4, 0.5) is 10.2 Å². The highest BCUT2D eigenvalue weighted by Crippen LogP contribution is 2.33. The van der Waals surface area contributed by atoms with Gasteiger partial charge in [-0.1, -0.05) is 11.8 Å². The van der Waals surface area contributed by atoms with E-state index in [1.165, 1.54) is 11.8 Å². The SMILES string of the molecule is Nc1nc(=O)n(C2CS/C(=C\O)O2)cc1F. The fraction of sp³-hybridized carbons (Fsp3) is 0.250. The van der Waals surface area contributed by atoms with E-state index in [1.54, 1.807) is 0 Å². The van der Waals surface area contributed by atoms with Gasteiger partial charge in [0.25, 0.3) is 0 Å². The van der Waals surface area contributed by atoms with Crippen molar-refractivity contribution >= 4 is 17.6 Å². The molecule has 0 amide bonds. The maximum absolute atomic E-state index is 13.1. The minimum Gasteiger partial charge on any atom is -0.511 e. The molecule has 0 radical (unpaired) electrons. The van der Waals surface area contributed by atoms with Gasteiger partial charge in [-0.05, 0) is 0 Å². The minimum absolute atomic E-state index is 0.272. The van der Waals surface area contributed by atoms with Crippen LogP contribution in [0, 0.1) is 5.82 Å². The number of anilines is 1. The van der Waals surface area contributed by atoms with E-state index in [2.05, 4.69) is 4.98 Å². The van der Waals surface area contributed by atoms with E-state index in [9.17, 15) is 9.18 Å². The zero-order chi connectivity index (χ0) is 11.7. The van der Waals surface area contributed by atoms with Crippen molar-refractivity contribution in [1.29, 1.82) is 0 Å². The number of thioether (sulfide) groups is 1. The van der Waals surface area contributed by atoms with E-state index < -0.39 is 23.6 Å². The molecule has 1 aliphatic heterocycles. The molecule has 1 saturated heterocycles. The zero-order valence-corrected chi connectivity index (χ0v) is 8.78. The van der Waals surface area contributed by atoms with Gasteiger partial charge in [0.15, 0.2) is 23.0 Å². The quantitative estimate of drug-likeness (QED) is 0.703. The van der Waals surface area contributed by atoms with E-state index >= 15 is 0 Å². The first kappa shape index (κ1) is 10.8. The molecule has 1 fully saturated rings. The third-order valence-corrected chi connectivity index (χ3v) is 2.91. The molecule has 1 unspecified atom stereocenters. The number of nitrogen functional groups attached to an aromatic ring is 1. The molecule has 8 heteroatoms. The van der Waals surface area contributed by atoms with Gasteiger partial charge >= 0.3 is 5.69 Å². The maximum atomic E-state index is 13.1. The molecule has 86 valence electrons. The Balaban J connectivity index is 2.35. The Morgan fingerprint density at radius 1 is 1.81 bits per heavy atom. The van der Waals surface area contributed by atoms with Crippen molar-refractivity contribution in [2.45, 2.75) is 6.23 Å². The number of ether oxygens (including phenoxy) is 1. The summed E-state index contributed by atoms with van der Waals surface area (Å²) >= 11 is 1.21. The fourth-order valence-electron chi connectivity index (χ4n) is 1.22. The summed E-state index contributed by atoms with van der Waals surface area (Å²) in [6.07, 6.45) is 1.05. The number of halogens is 1. The minimum atomic E-state index is -0.783. The van der Waals surface area contributed by atoms with Crippen LogP contribution in [0.15, 0.2) is 22.3 Å². The van der Waals surface area contributed by atoms with Crippen LogP contribution in [0.5, 0.6) is 0 Å². The topological polar surface area (TPSA) is 90.4 Å². The molecule has 16 heavy (non-hydrogen) atoms. The summed E-state index contributed by atoms with van der Waals surface area (Å²) in [5.41, 5.74) is 4.45. The highest BCUT2D eigenvalue weighted by atomic mass is 32.2. The average Bonchev–Trinajstić information content (AvgIpc) is 2.71. The van der Waals surface area contributed by atoms with Crippen molar-refractivity contribution in [3.63, 3.8) is 0 Å². The molecule has 1 atom stereocenters. The van der Waals surface area contributed by atoms with Crippen LogP contribution in [0.3, 0.4) is 0 Å². The van der Waals surface area contributed by atoms with Crippen molar-refractivity contribution in [2.24, 2.45) is 0 Å². The van der Waals surface area contributed by atoms with Crippen LogP contribution in [0.1, 0.15) is 6.23 Å². The summed E-state index contributed by atoms with van der Waals surface area (Å²) in [5, 5.41) is 8.97. The fourth-order valence-corrected chi connectivity index (χ4v) is 2.01. The summed E-state index contributed by atoms with van der Waals surface area (Å²) < 4.78 is 19.3. The molecule has 6 nitrogen and oxygen atoms in total. The Bertz CT molecular complexity index is 502. The van der Waals surface area contributed by atoms with Crippen LogP contribution in [0.25, 0.3) is 0 Å². The van der Waals surface area contributed by atoms with Crippen LogP contribution < -0.4 is 11.4 Å². The lowest BCUT2D eigenvalue weighted by Gasteiger charge is -2.12. The first-order valence-electron chi connectivity index (χ1n) is 4.30. The first-order valence-corrected chi connectivity index (χ1v) is 5.28. The average molecular weight is 245 g/mol. The van der Waals surface area contributed by atoms with Crippen molar-refractivity contribution in [2.75, 3.05) is 11.5 Å². The monoisotopic (exact) mass is 245 g/mol. The second-order valence-corrected chi connectivity index (χ2v) is 4.02. The van der Waals surface area contributed by atoms with Gasteiger partial charge in [0.05, 0.1) is 11.9 Å². The summed E-state index contributed by atoms with van der Waals surface area (Å²) in [6.45, 7) is 0. The van der Waals surface area contributed by atoms with E-state index in [0.717, 1.165) is 17.0 Å². The standard InChI is InChI=1S/C8H8FN3O3S/c9-4-1-12(8(14)11-7(4)10)5-3-16-6(2-13)15-5/h1-2,5,13H,3H2,(H2,10,11,14)/b6-2-. The second-order valence-electron chi connectivity index (χ2n) is 3.00. The van der Waals surface area contributed by atoms with Gasteiger partial charge in [-0.3, -0.25) is 4.57 Å². The molecule has 0 saturated carbocycles. The van der Waals surface area contributed by atoms with Crippen LogP contribution in [0.2, 0.25) is 0 Å². The van der Waals surface area contributed by atoms with Gasteiger partial charge in [-0.2, -0.15) is 4.98 Å². The van der Waals surface area contributed by atoms with E-state index in [0.29, 0.717) is 5.75 Å². The zero-order valence-electron chi connectivity index (χ0n) is 7.96. The predicted octanol–water partition coefficient (Wildman–Crippen LogP) is 0.584. The second kappa shape index (κ2) is 4.05. The Morgan fingerprint density at radius 2 is 2.56 bits per heavy atom. The van der Waals surface area contributed by atoms with Gasteiger partial charge in [0.1, 0.15) is 6.26 Å². The number of nitrogens with two attached hydrogens (primary N) is 1. The van der Waals surface area contributed by atoms with Crippen molar-refractivity contribution in [3.05, 3.63) is 33.9 Å². The Labute approximate surface area is 93.5 Å². The number of aromatic nitrogens is 2. The molecule has 0 aromatic carbocycles. The highest BCUT2D eigenvalue weighted by molar-refractivity contribution is 8.03. The molecule has 3 N–H and O–H groups in total. The number of hydrogen-bond donors (Lipinski definition) is 2. The van der Waals surface area contributed by atoms with Crippen LogP contribution >= 0.6 is 11.8 Å². The third-order valence-electron chi connectivity index (χ3n) is 1.97. The van der Waals surface area contributed by atoms with Gasteiger partial charge in [0, 0.05) is 0 Å². The maximum Gasteiger partial charge on any atom is 0.352 e. The molecule has 0 bridgehead atoms. The lowest BCUT2D eigenvalue weighted by molar-refractivity contribution is 0.0973. The first-order chi connectivity index (χ1) is 7.61. The Hall–Kier alpha value is -1.70. The smallest absolute Gasteiger partial charge is 0.352 e. The summed E-state index contributed by atoms with van der Waals surface area (Å²) in [7, 11) is 0. The molecule has 0 spiro atoms. The molecule has 0 aliphatic carbocycles. The van der Waals surface area contributed by atoms with Crippen LogP contribution in [-0.2, 0) is 4.74 Å². The Kier molecular flexibility index (Phi) is 2.73. The van der Waals surface area contributed by atoms with Gasteiger partial charge in [-0.25, -0.2) is 9.18 Å². The number of aliphatic hydroxyl groups excluding tert-OH is 1. The molecule has 1 aromatic heterocycles. The number of hydrogen-bond acceptors (Lipinski definition) is 6. The van der Waals surface area contributed by atoms with E-state index in [-0.39, 0.29) is 5.09 Å². The lowest BCUT2D eigenvalue weighted by atomic mass is 10.5.